The molecule has 0 aliphatic carbocycles. The van der Waals surface area contributed by atoms with Crippen LogP contribution in [0.1, 0.15) is 12.5 Å². The number of nitrogens with one attached hydrogen (secondary N) is 1. The molecule has 120 valence electrons. The smallest absolute Gasteiger partial charge is 0.119 e. The molecule has 0 spiro atoms. The van der Waals surface area contributed by atoms with Crippen molar-refractivity contribution in [1.82, 2.24) is 5.32 Å². The van der Waals surface area contributed by atoms with Crippen molar-refractivity contribution in [2.24, 2.45) is 0 Å². The predicted molar refractivity (Wildman–Crippen MR) is 79.3 cm³/mol. The second-order valence-corrected chi connectivity index (χ2v) is 5.10. The first-order chi connectivity index (χ1) is 10.1. The molecule has 0 aliphatic rings. The van der Waals surface area contributed by atoms with Gasteiger partial charge in [0.2, 0.25) is 0 Å². The molecule has 0 saturated carbocycles. The summed E-state index contributed by atoms with van der Waals surface area (Å²) in [5, 5.41) is 40.0. The fraction of sp³-hybridized carbons (Fsp3) is 0.600. The normalized spacial score (nSPS) is 13.2. The van der Waals surface area contributed by atoms with Gasteiger partial charge < -0.3 is 30.5 Å². The molecule has 6 heteroatoms. The van der Waals surface area contributed by atoms with E-state index in [9.17, 15) is 5.11 Å². The molecular formula is C15H25NO5. The fourth-order valence-corrected chi connectivity index (χ4v) is 1.72. The van der Waals surface area contributed by atoms with Gasteiger partial charge in [0, 0.05) is 6.54 Å². The zero-order valence-corrected chi connectivity index (χ0v) is 12.3. The lowest BCUT2D eigenvalue weighted by Crippen LogP contribution is -2.57. The molecule has 0 heterocycles. The van der Waals surface area contributed by atoms with Crippen molar-refractivity contribution in [3.8, 4) is 5.75 Å². The van der Waals surface area contributed by atoms with E-state index in [0.717, 1.165) is 6.42 Å². The molecule has 1 atom stereocenters. The Balaban J connectivity index is 2.37. The molecule has 0 amide bonds. The molecule has 21 heavy (non-hydrogen) atoms. The summed E-state index contributed by atoms with van der Waals surface area (Å²) >= 11 is 0. The van der Waals surface area contributed by atoms with Gasteiger partial charge in [0.1, 0.15) is 18.5 Å². The lowest BCUT2D eigenvalue weighted by atomic mass is 10.0. The minimum atomic E-state index is -1.19. The third kappa shape index (κ3) is 5.61. The molecular weight excluding hydrogens is 274 g/mol. The Hall–Kier alpha value is -1.18. The molecule has 5 N–H and O–H groups in total. The van der Waals surface area contributed by atoms with Crippen molar-refractivity contribution < 1.29 is 25.2 Å². The van der Waals surface area contributed by atoms with E-state index in [-0.39, 0.29) is 13.2 Å². The van der Waals surface area contributed by atoms with Crippen molar-refractivity contribution in [2.75, 3.05) is 33.0 Å². The molecule has 1 rings (SSSR count). The van der Waals surface area contributed by atoms with Crippen molar-refractivity contribution in [3.05, 3.63) is 29.8 Å². The first-order valence-electron chi connectivity index (χ1n) is 7.06. The van der Waals surface area contributed by atoms with Gasteiger partial charge in [0.15, 0.2) is 0 Å². The maximum atomic E-state index is 9.83. The lowest BCUT2D eigenvalue weighted by molar-refractivity contribution is 0.0260. The summed E-state index contributed by atoms with van der Waals surface area (Å²) in [7, 11) is 0. The molecule has 6 nitrogen and oxygen atoms in total. The van der Waals surface area contributed by atoms with Crippen molar-refractivity contribution in [2.45, 2.75) is 25.0 Å². The molecule has 1 aromatic rings. The number of hydrogen-bond acceptors (Lipinski definition) is 6. The highest BCUT2D eigenvalue weighted by atomic mass is 16.5. The van der Waals surface area contributed by atoms with Crippen LogP contribution in [0.15, 0.2) is 24.3 Å². The number of aliphatic hydroxyl groups is 4. The van der Waals surface area contributed by atoms with E-state index in [1.807, 2.05) is 24.3 Å². The SMILES string of the molecule is CCc1ccc(OCC(O)CNC(CO)(CO)CO)cc1. The van der Waals surface area contributed by atoms with Gasteiger partial charge in [-0.3, -0.25) is 0 Å². The average Bonchev–Trinajstić information content (AvgIpc) is 2.55. The van der Waals surface area contributed by atoms with E-state index in [2.05, 4.69) is 12.2 Å². The highest BCUT2D eigenvalue weighted by Crippen LogP contribution is 2.12. The minimum absolute atomic E-state index is 0.0802. The third-order valence-corrected chi connectivity index (χ3v) is 3.39. The summed E-state index contributed by atoms with van der Waals surface area (Å²) in [4.78, 5) is 0. The van der Waals surface area contributed by atoms with Gasteiger partial charge >= 0.3 is 0 Å². The van der Waals surface area contributed by atoms with E-state index in [0.29, 0.717) is 5.75 Å². The van der Waals surface area contributed by atoms with E-state index < -0.39 is 31.5 Å². The van der Waals surface area contributed by atoms with Crippen LogP contribution in [-0.4, -0.2) is 65.0 Å². The largest absolute Gasteiger partial charge is 0.491 e. The second kappa shape index (κ2) is 8.96. The van der Waals surface area contributed by atoms with Crippen LogP contribution in [0.25, 0.3) is 0 Å². The van der Waals surface area contributed by atoms with E-state index in [1.165, 1.54) is 5.56 Å². The summed E-state index contributed by atoms with van der Waals surface area (Å²) in [5.41, 5.74) is 0.0206. The molecule has 0 saturated heterocycles. The van der Waals surface area contributed by atoms with Crippen molar-refractivity contribution >= 4 is 0 Å². The third-order valence-electron chi connectivity index (χ3n) is 3.39. The van der Waals surface area contributed by atoms with Crippen LogP contribution >= 0.6 is 0 Å². The molecule has 1 aromatic carbocycles. The van der Waals surface area contributed by atoms with Gasteiger partial charge in [-0.1, -0.05) is 19.1 Å². The predicted octanol–water partition coefficient (Wildman–Crippen LogP) is -0.706. The maximum Gasteiger partial charge on any atom is 0.119 e. The van der Waals surface area contributed by atoms with E-state index in [1.54, 1.807) is 0 Å². The Kier molecular flexibility index (Phi) is 7.63. The summed E-state index contributed by atoms with van der Waals surface area (Å²) in [5.74, 6) is 0.670. The monoisotopic (exact) mass is 299 g/mol. The first kappa shape index (κ1) is 17.9. The minimum Gasteiger partial charge on any atom is -0.491 e. The summed E-state index contributed by atoms with van der Waals surface area (Å²) in [6.07, 6.45) is 0.137. The molecule has 0 aromatic heterocycles. The molecule has 0 aliphatic heterocycles. The van der Waals surface area contributed by atoms with Gasteiger partial charge in [0.05, 0.1) is 25.4 Å². The van der Waals surface area contributed by atoms with Gasteiger partial charge in [-0.25, -0.2) is 0 Å². The highest BCUT2D eigenvalue weighted by Gasteiger charge is 2.28. The standard InChI is InChI=1S/C15H25NO5/c1-2-12-3-5-14(6-4-12)21-8-13(20)7-16-15(9-17,10-18)11-19/h3-6,13,16-20H,2,7-11H2,1H3. The number of aliphatic hydroxyl groups excluding tert-OH is 4. The van der Waals surface area contributed by atoms with Crippen LogP contribution in [0, 0.1) is 0 Å². The first-order valence-corrected chi connectivity index (χ1v) is 7.06. The number of hydrogen-bond donors (Lipinski definition) is 5. The summed E-state index contributed by atoms with van der Waals surface area (Å²) in [6.45, 7) is 0.969. The van der Waals surface area contributed by atoms with Gasteiger partial charge in [0.25, 0.3) is 0 Å². The Morgan fingerprint density at radius 1 is 1.10 bits per heavy atom. The van der Waals surface area contributed by atoms with Crippen molar-refractivity contribution in [1.29, 1.82) is 0 Å². The van der Waals surface area contributed by atoms with Crippen LogP contribution < -0.4 is 10.1 Å². The molecule has 0 bridgehead atoms. The molecule has 1 unspecified atom stereocenters. The van der Waals surface area contributed by atoms with Crippen LogP contribution in [-0.2, 0) is 6.42 Å². The Bertz CT molecular complexity index is 383. The van der Waals surface area contributed by atoms with Gasteiger partial charge in [-0.2, -0.15) is 0 Å². The molecule has 0 fully saturated rings. The number of aryl methyl sites for hydroxylation is 1. The summed E-state index contributed by atoms with van der Waals surface area (Å²) < 4.78 is 5.46. The van der Waals surface area contributed by atoms with Crippen LogP contribution in [0.3, 0.4) is 0 Å². The number of ether oxygens (including phenoxy) is 1. The Morgan fingerprint density at radius 3 is 2.14 bits per heavy atom. The summed E-state index contributed by atoms with van der Waals surface area (Å²) in [6, 6.07) is 7.62. The zero-order chi connectivity index (χ0) is 15.7. The van der Waals surface area contributed by atoms with Crippen LogP contribution in [0.5, 0.6) is 5.75 Å². The lowest BCUT2D eigenvalue weighted by Gasteiger charge is -2.29. The highest BCUT2D eigenvalue weighted by molar-refractivity contribution is 5.27. The maximum absolute atomic E-state index is 9.83. The zero-order valence-electron chi connectivity index (χ0n) is 12.3. The van der Waals surface area contributed by atoms with Crippen LogP contribution in [0.2, 0.25) is 0 Å². The number of rotatable bonds is 10. The van der Waals surface area contributed by atoms with Gasteiger partial charge in [-0.15, -0.1) is 0 Å². The number of benzene rings is 1. The fourth-order valence-electron chi connectivity index (χ4n) is 1.72. The van der Waals surface area contributed by atoms with Crippen molar-refractivity contribution in [3.63, 3.8) is 0 Å². The quantitative estimate of drug-likeness (QED) is 0.391. The van der Waals surface area contributed by atoms with E-state index >= 15 is 0 Å². The Morgan fingerprint density at radius 2 is 1.67 bits per heavy atom. The average molecular weight is 299 g/mol. The number of β-amino-alcohol motifs (C(OH)–C–C–N with tert-alkyl or cyclic N) is 1. The second-order valence-electron chi connectivity index (χ2n) is 5.10. The topological polar surface area (TPSA) is 102 Å². The van der Waals surface area contributed by atoms with Crippen LogP contribution in [0.4, 0.5) is 0 Å². The van der Waals surface area contributed by atoms with Gasteiger partial charge in [-0.05, 0) is 24.1 Å². The van der Waals surface area contributed by atoms with E-state index in [4.69, 9.17) is 20.1 Å². The molecule has 0 radical (unpaired) electrons. The Labute approximate surface area is 125 Å².